The summed E-state index contributed by atoms with van der Waals surface area (Å²) in [6.45, 7) is 4.80. The fourth-order valence-electron chi connectivity index (χ4n) is 2.68. The van der Waals surface area contributed by atoms with Gasteiger partial charge in [0.15, 0.2) is 6.61 Å². The van der Waals surface area contributed by atoms with Crippen molar-refractivity contribution in [3.63, 3.8) is 0 Å². The molecule has 3 rings (SSSR count). The lowest BCUT2D eigenvalue weighted by Crippen LogP contribution is -2.30. The first-order valence-electron chi connectivity index (χ1n) is 8.83. The molecule has 3 aromatic rings. The minimum Gasteiger partial charge on any atom is -0.488 e. The van der Waals surface area contributed by atoms with E-state index in [1.165, 1.54) is 21.3 Å². The van der Waals surface area contributed by atoms with Crippen molar-refractivity contribution in [2.75, 3.05) is 26.3 Å². The second-order valence-electron chi connectivity index (χ2n) is 5.81. The van der Waals surface area contributed by atoms with Crippen molar-refractivity contribution in [1.82, 2.24) is 19.5 Å². The zero-order valence-electron chi connectivity index (χ0n) is 15.6. The Bertz CT molecular complexity index is 1050. The lowest BCUT2D eigenvalue weighted by molar-refractivity contribution is 0.0640. The summed E-state index contributed by atoms with van der Waals surface area (Å²) < 4.78 is 32.4. The van der Waals surface area contributed by atoms with Crippen LogP contribution in [0.4, 0.5) is 0 Å². The maximum absolute atomic E-state index is 12.7. The molecule has 0 N–H and O–H groups in total. The van der Waals surface area contributed by atoms with E-state index >= 15 is 0 Å². The third-order valence-electron chi connectivity index (χ3n) is 4.12. The van der Waals surface area contributed by atoms with E-state index < -0.39 is 10.0 Å². The van der Waals surface area contributed by atoms with Crippen LogP contribution in [-0.2, 0) is 10.0 Å². The van der Waals surface area contributed by atoms with Crippen LogP contribution in [0.3, 0.4) is 0 Å². The molecule has 0 aliphatic carbocycles. The van der Waals surface area contributed by atoms with Gasteiger partial charge in [0, 0.05) is 13.1 Å². The van der Waals surface area contributed by atoms with Crippen LogP contribution in [-0.4, -0.2) is 54.2 Å². The van der Waals surface area contributed by atoms with Crippen LogP contribution in [0.2, 0.25) is 5.02 Å². The van der Waals surface area contributed by atoms with Crippen LogP contribution >= 0.6 is 11.6 Å². The van der Waals surface area contributed by atoms with Gasteiger partial charge in [0.25, 0.3) is 0 Å². The van der Waals surface area contributed by atoms with Gasteiger partial charge in [0.1, 0.15) is 23.4 Å². The number of fused-ring (bicyclic) bond motifs is 1. The minimum atomic E-state index is -3.58. The van der Waals surface area contributed by atoms with Crippen molar-refractivity contribution < 1.29 is 18.0 Å². The Morgan fingerprint density at radius 2 is 1.86 bits per heavy atom. The predicted molar refractivity (Wildman–Crippen MR) is 106 cm³/mol. The zero-order chi connectivity index (χ0) is 20.1. The lowest BCUT2D eigenvalue weighted by atomic mass is 10.3. The number of rotatable bonds is 9. The summed E-state index contributed by atoms with van der Waals surface area (Å²) in [7, 11) is -3.58. The summed E-state index contributed by atoms with van der Waals surface area (Å²) in [6, 6.07) is 11.8. The molecular weight excluding hydrogens is 404 g/mol. The van der Waals surface area contributed by atoms with Gasteiger partial charge in [0.05, 0.1) is 9.92 Å². The summed E-state index contributed by atoms with van der Waals surface area (Å²) >= 11 is 6.04. The summed E-state index contributed by atoms with van der Waals surface area (Å²) in [4.78, 5) is 6.94. The van der Waals surface area contributed by atoms with E-state index in [1.807, 2.05) is 12.1 Å². The summed E-state index contributed by atoms with van der Waals surface area (Å²) in [5.41, 5.74) is 0.997. The first-order chi connectivity index (χ1) is 13.5. The summed E-state index contributed by atoms with van der Waals surface area (Å²) in [5.74, 6) is 0.559. The van der Waals surface area contributed by atoms with Crippen molar-refractivity contribution in [2.45, 2.75) is 18.7 Å². The topological polar surface area (TPSA) is 86.6 Å². The quantitative estimate of drug-likeness (QED) is 0.491. The Balaban J connectivity index is 1.73. The maximum atomic E-state index is 12.7. The molecule has 0 amide bonds. The Labute approximate surface area is 168 Å². The molecule has 0 aliphatic rings. The molecule has 0 fully saturated rings. The van der Waals surface area contributed by atoms with E-state index in [1.54, 1.807) is 32.0 Å². The van der Waals surface area contributed by atoms with Gasteiger partial charge in [-0.25, -0.2) is 8.42 Å². The number of hydrogen-bond donors (Lipinski definition) is 0. The van der Waals surface area contributed by atoms with Crippen molar-refractivity contribution in [1.29, 1.82) is 0 Å². The number of hydrogen-bond acceptors (Lipinski definition) is 6. The number of nitrogens with zero attached hydrogens (tertiary/aromatic N) is 4. The molecule has 10 heteroatoms. The van der Waals surface area contributed by atoms with E-state index in [0.717, 1.165) is 0 Å². The van der Waals surface area contributed by atoms with E-state index in [-0.39, 0.29) is 18.1 Å². The molecule has 28 heavy (non-hydrogen) atoms. The van der Waals surface area contributed by atoms with Crippen molar-refractivity contribution >= 4 is 32.7 Å². The second-order valence-corrected chi connectivity index (χ2v) is 8.16. The monoisotopic (exact) mass is 424 g/mol. The van der Waals surface area contributed by atoms with E-state index in [9.17, 15) is 8.42 Å². The van der Waals surface area contributed by atoms with Gasteiger partial charge in [-0.3, -0.25) is 0 Å². The third kappa shape index (κ3) is 4.21. The number of halogens is 1. The average molecular weight is 425 g/mol. The highest BCUT2D eigenvalue weighted by Gasteiger charge is 2.22. The fraction of sp³-hybridized carbons (Fsp3) is 0.333. The highest BCUT2D eigenvalue weighted by atomic mass is 35.5. The molecule has 0 unspecified atom stereocenters. The van der Waals surface area contributed by atoms with Crippen molar-refractivity contribution in [3.8, 4) is 5.75 Å². The minimum absolute atomic E-state index is 0.170. The van der Waals surface area contributed by atoms with Crippen LogP contribution < -0.4 is 9.57 Å². The number of ether oxygens (including phenoxy) is 1. The van der Waals surface area contributed by atoms with Gasteiger partial charge in [-0.15, -0.1) is 5.10 Å². The molecule has 0 spiro atoms. The third-order valence-corrected chi connectivity index (χ3v) is 6.48. The SMILES string of the molecule is CCN(CC)S(=O)(=O)c1ccc2nnn(OCCOc3ccccc3Cl)c2c1. The number of aromatic nitrogens is 3. The standard InChI is InChI=1S/C18H21ClN4O4S/c1-3-22(4-2)28(24,25)14-9-10-16-17(13-14)23(21-20-16)27-12-11-26-18-8-6-5-7-15(18)19/h5-10,13H,3-4,11-12H2,1-2H3. The van der Waals surface area contributed by atoms with Gasteiger partial charge >= 0.3 is 0 Å². The normalized spacial score (nSPS) is 11.9. The molecule has 0 saturated carbocycles. The number of benzene rings is 2. The highest BCUT2D eigenvalue weighted by molar-refractivity contribution is 7.89. The molecule has 0 aliphatic heterocycles. The maximum Gasteiger partial charge on any atom is 0.243 e. The Hall–Kier alpha value is -2.36. The first kappa shape index (κ1) is 20.4. The second kappa shape index (κ2) is 8.76. The summed E-state index contributed by atoms with van der Waals surface area (Å²) in [5, 5.41) is 8.43. The molecule has 0 atom stereocenters. The predicted octanol–water partition coefficient (Wildman–Crippen LogP) is 2.62. The fourth-order valence-corrected chi connectivity index (χ4v) is 4.35. The van der Waals surface area contributed by atoms with Crippen molar-refractivity contribution in [3.05, 3.63) is 47.5 Å². The largest absolute Gasteiger partial charge is 0.488 e. The van der Waals surface area contributed by atoms with Crippen LogP contribution in [0.25, 0.3) is 11.0 Å². The van der Waals surface area contributed by atoms with Crippen LogP contribution in [0.1, 0.15) is 13.8 Å². The Kier molecular flexibility index (Phi) is 6.38. The number of para-hydroxylation sites is 1. The molecule has 2 aromatic carbocycles. The highest BCUT2D eigenvalue weighted by Crippen LogP contribution is 2.23. The van der Waals surface area contributed by atoms with E-state index in [2.05, 4.69) is 10.3 Å². The molecule has 8 nitrogen and oxygen atoms in total. The van der Waals surface area contributed by atoms with E-state index in [0.29, 0.717) is 34.9 Å². The zero-order valence-corrected chi connectivity index (χ0v) is 17.2. The van der Waals surface area contributed by atoms with Crippen LogP contribution in [0.5, 0.6) is 5.75 Å². The van der Waals surface area contributed by atoms with Crippen molar-refractivity contribution in [2.24, 2.45) is 0 Å². The van der Waals surface area contributed by atoms with Gasteiger partial charge in [-0.1, -0.05) is 42.4 Å². The Morgan fingerprint density at radius 3 is 2.57 bits per heavy atom. The Morgan fingerprint density at radius 1 is 1.11 bits per heavy atom. The van der Waals surface area contributed by atoms with E-state index in [4.69, 9.17) is 21.2 Å². The molecular formula is C18H21ClN4O4S. The van der Waals surface area contributed by atoms with Crippen LogP contribution in [0, 0.1) is 0 Å². The summed E-state index contributed by atoms with van der Waals surface area (Å²) in [6.07, 6.45) is 0. The average Bonchev–Trinajstić information content (AvgIpc) is 3.09. The first-order valence-corrected chi connectivity index (χ1v) is 10.7. The van der Waals surface area contributed by atoms with Crippen LogP contribution in [0.15, 0.2) is 47.4 Å². The molecule has 1 aromatic heterocycles. The number of sulfonamides is 1. The van der Waals surface area contributed by atoms with Gasteiger partial charge in [-0.05, 0) is 35.5 Å². The molecule has 0 saturated heterocycles. The smallest absolute Gasteiger partial charge is 0.243 e. The molecule has 1 heterocycles. The van der Waals surface area contributed by atoms with Gasteiger partial charge in [0.2, 0.25) is 10.0 Å². The molecule has 0 bridgehead atoms. The lowest BCUT2D eigenvalue weighted by Gasteiger charge is -2.18. The molecule has 150 valence electrons. The van der Waals surface area contributed by atoms with Gasteiger partial charge in [-0.2, -0.15) is 4.31 Å². The molecule has 0 radical (unpaired) electrons. The van der Waals surface area contributed by atoms with Gasteiger partial charge < -0.3 is 9.57 Å².